The maximum Gasteiger partial charge on any atom is 0.240 e. The summed E-state index contributed by atoms with van der Waals surface area (Å²) in [6, 6.07) is 18.7. The number of hydrogen-bond donors (Lipinski definition) is 2. The zero-order valence-electron chi connectivity index (χ0n) is 27.1. The highest BCUT2D eigenvalue weighted by Crippen LogP contribution is 2.45. The van der Waals surface area contributed by atoms with Gasteiger partial charge in [0.1, 0.15) is 22.5 Å². The molecule has 0 aliphatic rings. The van der Waals surface area contributed by atoms with Crippen LogP contribution in [0.4, 0.5) is 0 Å². The van der Waals surface area contributed by atoms with Gasteiger partial charge >= 0.3 is 0 Å². The summed E-state index contributed by atoms with van der Waals surface area (Å²) in [6.07, 6.45) is 1.65. The molecule has 1 aromatic heterocycles. The lowest BCUT2D eigenvalue weighted by molar-refractivity contribution is 0.283. The third-order valence-electron chi connectivity index (χ3n) is 7.98. The van der Waals surface area contributed by atoms with E-state index in [9.17, 15) is 13.5 Å². The summed E-state index contributed by atoms with van der Waals surface area (Å²) in [5.74, 6) is 0.0971. The van der Waals surface area contributed by atoms with Crippen LogP contribution in [0.2, 0.25) is 0 Å². The fourth-order valence-electron chi connectivity index (χ4n) is 5.93. The summed E-state index contributed by atoms with van der Waals surface area (Å²) >= 11 is 0. The standard InChI is InChI=1S/C34H47N5O3S/c1-32(2,3)23-33(4,5)25-21-27(31(40)30(22-25)39-36-28-13-10-11-14-29(28)37-39)34(6,7)24-15-17-26(18-16-24)43(41,42)35-19-12-20-38(8)9/h10-11,13-18,21-22,35,40H,12,19-20,23H2,1-9H3. The summed E-state index contributed by atoms with van der Waals surface area (Å²) in [5, 5.41) is 21.2. The van der Waals surface area contributed by atoms with Crippen LogP contribution < -0.4 is 4.72 Å². The van der Waals surface area contributed by atoms with Gasteiger partial charge in [0.25, 0.3) is 0 Å². The first-order valence-corrected chi connectivity index (χ1v) is 16.3. The van der Waals surface area contributed by atoms with Gasteiger partial charge in [-0.3, -0.25) is 0 Å². The van der Waals surface area contributed by atoms with Gasteiger partial charge in [-0.25, -0.2) is 13.1 Å². The van der Waals surface area contributed by atoms with Gasteiger partial charge in [-0.05, 0) is 85.8 Å². The molecule has 9 heteroatoms. The van der Waals surface area contributed by atoms with Crippen molar-refractivity contribution in [1.29, 1.82) is 0 Å². The molecule has 3 aromatic carbocycles. The highest BCUT2D eigenvalue weighted by molar-refractivity contribution is 7.89. The monoisotopic (exact) mass is 605 g/mol. The second-order valence-electron chi connectivity index (χ2n) is 14.2. The van der Waals surface area contributed by atoms with E-state index in [4.69, 9.17) is 0 Å². The van der Waals surface area contributed by atoms with Crippen molar-refractivity contribution in [2.24, 2.45) is 5.41 Å². The van der Waals surface area contributed by atoms with Crippen LogP contribution in [0.5, 0.6) is 5.75 Å². The Balaban J connectivity index is 1.78. The van der Waals surface area contributed by atoms with Gasteiger partial charge in [-0.15, -0.1) is 15.0 Å². The van der Waals surface area contributed by atoms with Crippen LogP contribution in [-0.4, -0.2) is 60.6 Å². The Morgan fingerprint density at radius 2 is 1.44 bits per heavy atom. The van der Waals surface area contributed by atoms with Crippen molar-refractivity contribution >= 4 is 21.1 Å². The molecule has 0 amide bonds. The van der Waals surface area contributed by atoms with E-state index in [1.807, 2.05) is 75.3 Å². The van der Waals surface area contributed by atoms with Crippen molar-refractivity contribution in [3.05, 3.63) is 77.4 Å². The molecule has 4 rings (SSSR count). The Morgan fingerprint density at radius 1 is 0.860 bits per heavy atom. The van der Waals surface area contributed by atoms with Crippen LogP contribution >= 0.6 is 0 Å². The number of sulfonamides is 1. The molecular weight excluding hydrogens is 558 g/mol. The van der Waals surface area contributed by atoms with Crippen LogP contribution in [0, 0.1) is 5.41 Å². The molecule has 0 radical (unpaired) electrons. The molecule has 0 atom stereocenters. The van der Waals surface area contributed by atoms with Gasteiger partial charge in [0, 0.05) is 17.5 Å². The van der Waals surface area contributed by atoms with Crippen molar-refractivity contribution in [2.75, 3.05) is 27.2 Å². The molecular formula is C34H47N5O3S. The molecule has 0 aliphatic heterocycles. The first-order chi connectivity index (χ1) is 19.9. The molecule has 0 aliphatic carbocycles. The quantitative estimate of drug-likeness (QED) is 0.192. The molecule has 0 fully saturated rings. The summed E-state index contributed by atoms with van der Waals surface area (Å²) < 4.78 is 28.5. The highest BCUT2D eigenvalue weighted by atomic mass is 32.2. The zero-order valence-corrected chi connectivity index (χ0v) is 27.9. The smallest absolute Gasteiger partial charge is 0.240 e. The van der Waals surface area contributed by atoms with Gasteiger partial charge in [0.15, 0.2) is 0 Å². The largest absolute Gasteiger partial charge is 0.505 e. The SMILES string of the molecule is CN(C)CCCNS(=O)(=O)c1ccc(C(C)(C)c2cc(C(C)(C)CC(C)(C)C)cc(-n3nc4ccccc4n3)c2O)cc1. The fraction of sp³-hybridized carbons (Fsp3) is 0.471. The molecule has 0 unspecified atom stereocenters. The summed E-state index contributed by atoms with van der Waals surface area (Å²) in [5.41, 5.74) is 3.88. The molecule has 43 heavy (non-hydrogen) atoms. The van der Waals surface area contributed by atoms with Crippen LogP contribution in [0.1, 0.15) is 78.0 Å². The molecule has 232 valence electrons. The summed E-state index contributed by atoms with van der Waals surface area (Å²) in [6.45, 7) is 16.4. The maximum atomic E-state index is 12.9. The van der Waals surface area contributed by atoms with E-state index in [1.165, 1.54) is 4.80 Å². The van der Waals surface area contributed by atoms with Gasteiger partial charge in [-0.2, -0.15) is 0 Å². The number of aromatic hydroxyl groups is 1. The number of benzene rings is 3. The lowest BCUT2D eigenvalue weighted by atomic mass is 9.70. The number of hydrogen-bond acceptors (Lipinski definition) is 6. The predicted octanol–water partition coefficient (Wildman–Crippen LogP) is 6.40. The average Bonchev–Trinajstić information content (AvgIpc) is 3.34. The number of fused-ring (bicyclic) bond motifs is 1. The topological polar surface area (TPSA) is 100 Å². The zero-order chi connectivity index (χ0) is 31.8. The average molecular weight is 606 g/mol. The van der Waals surface area contributed by atoms with Crippen LogP contribution in [0.25, 0.3) is 16.7 Å². The van der Waals surface area contributed by atoms with E-state index >= 15 is 0 Å². The van der Waals surface area contributed by atoms with Gasteiger partial charge < -0.3 is 10.0 Å². The van der Waals surface area contributed by atoms with Crippen LogP contribution in [-0.2, 0) is 20.9 Å². The summed E-state index contributed by atoms with van der Waals surface area (Å²) in [4.78, 5) is 3.76. The van der Waals surface area contributed by atoms with Gasteiger partial charge in [-0.1, -0.05) is 78.8 Å². The molecule has 2 N–H and O–H groups in total. The molecule has 4 aromatic rings. The van der Waals surface area contributed by atoms with E-state index in [1.54, 1.807) is 12.1 Å². The number of rotatable bonds is 11. The van der Waals surface area contributed by atoms with Crippen molar-refractivity contribution in [1.82, 2.24) is 24.6 Å². The number of aromatic nitrogens is 3. The van der Waals surface area contributed by atoms with Crippen molar-refractivity contribution in [2.45, 2.75) is 77.0 Å². The first kappa shape index (κ1) is 32.6. The van der Waals surface area contributed by atoms with Crippen molar-refractivity contribution in [3.8, 4) is 11.4 Å². The lowest BCUT2D eigenvalue weighted by Gasteiger charge is -2.35. The second kappa shape index (κ2) is 12.0. The Bertz CT molecular complexity index is 1650. The number of phenols is 1. The minimum atomic E-state index is -3.63. The predicted molar refractivity (Wildman–Crippen MR) is 175 cm³/mol. The molecule has 0 bridgehead atoms. The maximum absolute atomic E-state index is 12.9. The second-order valence-corrected chi connectivity index (χ2v) is 16.0. The van der Waals surface area contributed by atoms with E-state index in [-0.39, 0.29) is 21.5 Å². The van der Waals surface area contributed by atoms with E-state index in [0.29, 0.717) is 12.2 Å². The summed E-state index contributed by atoms with van der Waals surface area (Å²) in [7, 11) is 0.296. The molecule has 8 nitrogen and oxygen atoms in total. The molecule has 0 spiro atoms. The minimum Gasteiger partial charge on any atom is -0.505 e. The third-order valence-corrected chi connectivity index (χ3v) is 9.46. The van der Waals surface area contributed by atoms with E-state index in [2.05, 4.69) is 55.6 Å². The first-order valence-electron chi connectivity index (χ1n) is 14.9. The number of nitrogens with zero attached hydrogens (tertiary/aromatic N) is 4. The van der Waals surface area contributed by atoms with Crippen LogP contribution in [0.15, 0.2) is 65.6 Å². The Hall–Kier alpha value is -3.27. The van der Waals surface area contributed by atoms with Gasteiger partial charge in [0.2, 0.25) is 10.0 Å². The Kier molecular flexibility index (Phi) is 9.12. The van der Waals surface area contributed by atoms with E-state index < -0.39 is 15.4 Å². The molecule has 0 saturated heterocycles. The number of phenolic OH excluding ortho intramolecular Hbond substituents is 1. The third kappa shape index (κ3) is 7.45. The molecule has 1 heterocycles. The Labute approximate surface area is 257 Å². The lowest BCUT2D eigenvalue weighted by Crippen LogP contribution is -2.28. The Morgan fingerprint density at radius 3 is 1.98 bits per heavy atom. The van der Waals surface area contributed by atoms with Crippen LogP contribution in [0.3, 0.4) is 0 Å². The molecule has 0 saturated carbocycles. The fourth-order valence-corrected chi connectivity index (χ4v) is 7.00. The minimum absolute atomic E-state index is 0.0810. The van der Waals surface area contributed by atoms with Gasteiger partial charge in [0.05, 0.1) is 4.90 Å². The normalized spacial score (nSPS) is 13.3. The van der Waals surface area contributed by atoms with Crippen molar-refractivity contribution in [3.63, 3.8) is 0 Å². The van der Waals surface area contributed by atoms with E-state index in [0.717, 1.165) is 47.1 Å². The highest BCUT2D eigenvalue weighted by Gasteiger charge is 2.34. The van der Waals surface area contributed by atoms with Crippen molar-refractivity contribution < 1.29 is 13.5 Å². The number of nitrogens with one attached hydrogen (secondary N) is 1.